The minimum atomic E-state index is 0.126. The first-order valence-corrected chi connectivity index (χ1v) is 7.30. The lowest BCUT2D eigenvalue weighted by Crippen LogP contribution is -2.64. The van der Waals surface area contributed by atoms with Gasteiger partial charge in [0, 0.05) is 24.3 Å². The standard InChI is InChI=1S/C14H23N3O2/c1-2-19-13-8-12(14(13)4-3-5-14)16-11-9-15-17(10-11)6-7-18/h9-10,12-13,16,18H,2-8H2,1H3. The van der Waals surface area contributed by atoms with Gasteiger partial charge >= 0.3 is 0 Å². The van der Waals surface area contributed by atoms with E-state index in [1.165, 1.54) is 19.3 Å². The van der Waals surface area contributed by atoms with Crippen LogP contribution in [-0.2, 0) is 11.3 Å². The Labute approximate surface area is 113 Å². The quantitative estimate of drug-likeness (QED) is 0.821. The van der Waals surface area contributed by atoms with Crippen LogP contribution in [0.4, 0.5) is 5.69 Å². The van der Waals surface area contributed by atoms with Gasteiger partial charge in [0.1, 0.15) is 0 Å². The monoisotopic (exact) mass is 265 g/mol. The molecular formula is C14H23N3O2. The summed E-state index contributed by atoms with van der Waals surface area (Å²) in [6.45, 7) is 3.57. The molecule has 2 aliphatic carbocycles. The van der Waals surface area contributed by atoms with Crippen molar-refractivity contribution in [3.63, 3.8) is 0 Å². The van der Waals surface area contributed by atoms with Gasteiger partial charge < -0.3 is 15.2 Å². The third-order valence-electron chi connectivity index (χ3n) is 4.74. The van der Waals surface area contributed by atoms with Gasteiger partial charge in [0.2, 0.25) is 0 Å². The molecule has 2 N–H and O–H groups in total. The predicted molar refractivity (Wildman–Crippen MR) is 73.0 cm³/mol. The predicted octanol–water partition coefficient (Wildman–Crippen LogP) is 1.63. The van der Waals surface area contributed by atoms with Crippen molar-refractivity contribution in [3.05, 3.63) is 12.4 Å². The molecular weight excluding hydrogens is 242 g/mol. The van der Waals surface area contributed by atoms with Crippen molar-refractivity contribution < 1.29 is 9.84 Å². The van der Waals surface area contributed by atoms with Gasteiger partial charge in [-0.2, -0.15) is 5.10 Å². The highest BCUT2D eigenvalue weighted by Crippen LogP contribution is 2.58. The Hall–Kier alpha value is -1.07. The number of anilines is 1. The van der Waals surface area contributed by atoms with Crippen LogP contribution in [0.15, 0.2) is 12.4 Å². The molecule has 0 amide bonds. The van der Waals surface area contributed by atoms with Crippen LogP contribution in [0.5, 0.6) is 0 Å². The highest BCUT2D eigenvalue weighted by atomic mass is 16.5. The summed E-state index contributed by atoms with van der Waals surface area (Å²) in [6.07, 6.45) is 9.23. The number of hydrogen-bond acceptors (Lipinski definition) is 4. The number of hydrogen-bond donors (Lipinski definition) is 2. The third-order valence-corrected chi connectivity index (χ3v) is 4.74. The fourth-order valence-electron chi connectivity index (χ4n) is 3.50. The molecule has 1 aromatic rings. The number of rotatable bonds is 6. The topological polar surface area (TPSA) is 59.3 Å². The van der Waals surface area contributed by atoms with Gasteiger partial charge in [-0.1, -0.05) is 6.42 Å². The molecule has 1 aromatic heterocycles. The zero-order valence-electron chi connectivity index (χ0n) is 11.5. The SMILES string of the molecule is CCOC1CC(Nc2cnn(CCO)c2)C12CCC2. The number of aromatic nitrogens is 2. The number of nitrogens with one attached hydrogen (secondary N) is 1. The van der Waals surface area contributed by atoms with Gasteiger partial charge in [-0.3, -0.25) is 4.68 Å². The van der Waals surface area contributed by atoms with E-state index in [-0.39, 0.29) is 6.61 Å². The molecule has 1 spiro atoms. The fourth-order valence-corrected chi connectivity index (χ4v) is 3.50. The molecule has 2 saturated carbocycles. The maximum absolute atomic E-state index is 8.89. The van der Waals surface area contributed by atoms with E-state index in [1.807, 2.05) is 12.4 Å². The lowest BCUT2D eigenvalue weighted by Gasteiger charge is -2.61. The van der Waals surface area contributed by atoms with Crippen LogP contribution < -0.4 is 5.32 Å². The Morgan fingerprint density at radius 1 is 1.58 bits per heavy atom. The van der Waals surface area contributed by atoms with Gasteiger partial charge in [-0.25, -0.2) is 0 Å². The molecule has 1 heterocycles. The van der Waals surface area contributed by atoms with E-state index in [1.54, 1.807) is 4.68 Å². The van der Waals surface area contributed by atoms with Gasteiger partial charge in [0.15, 0.2) is 0 Å². The smallest absolute Gasteiger partial charge is 0.0728 e. The van der Waals surface area contributed by atoms with Crippen molar-refractivity contribution in [3.8, 4) is 0 Å². The van der Waals surface area contributed by atoms with E-state index in [4.69, 9.17) is 9.84 Å². The van der Waals surface area contributed by atoms with E-state index < -0.39 is 0 Å². The second-order valence-electron chi connectivity index (χ2n) is 5.68. The molecule has 106 valence electrons. The highest BCUT2D eigenvalue weighted by molar-refractivity contribution is 5.42. The molecule has 3 rings (SSSR count). The summed E-state index contributed by atoms with van der Waals surface area (Å²) in [7, 11) is 0. The lowest BCUT2D eigenvalue weighted by molar-refractivity contribution is -0.157. The first kappa shape index (κ1) is 12.9. The molecule has 19 heavy (non-hydrogen) atoms. The zero-order chi connectivity index (χ0) is 13.3. The number of nitrogens with zero attached hydrogens (tertiary/aromatic N) is 2. The summed E-state index contributed by atoms with van der Waals surface area (Å²) in [4.78, 5) is 0. The maximum Gasteiger partial charge on any atom is 0.0728 e. The average Bonchev–Trinajstić information content (AvgIpc) is 2.73. The first-order valence-electron chi connectivity index (χ1n) is 7.30. The Kier molecular flexibility index (Phi) is 3.50. The van der Waals surface area contributed by atoms with E-state index in [9.17, 15) is 0 Å². The zero-order valence-corrected chi connectivity index (χ0v) is 11.5. The maximum atomic E-state index is 8.89. The van der Waals surface area contributed by atoms with Crippen LogP contribution in [0.1, 0.15) is 32.6 Å². The number of aliphatic hydroxyl groups is 1. The summed E-state index contributed by atoms with van der Waals surface area (Å²) < 4.78 is 7.63. The summed E-state index contributed by atoms with van der Waals surface area (Å²) in [5.74, 6) is 0. The summed E-state index contributed by atoms with van der Waals surface area (Å²) in [5, 5.41) is 16.7. The number of aliphatic hydroxyl groups excluding tert-OH is 1. The molecule has 2 aliphatic rings. The van der Waals surface area contributed by atoms with E-state index in [2.05, 4.69) is 17.3 Å². The van der Waals surface area contributed by atoms with E-state index >= 15 is 0 Å². The lowest BCUT2D eigenvalue weighted by atomic mass is 9.51. The number of ether oxygens (including phenoxy) is 1. The van der Waals surface area contributed by atoms with Crippen LogP contribution in [-0.4, -0.2) is 40.2 Å². The fraction of sp³-hybridized carbons (Fsp3) is 0.786. The molecule has 2 unspecified atom stereocenters. The van der Waals surface area contributed by atoms with E-state index in [0.29, 0.717) is 24.1 Å². The second kappa shape index (κ2) is 5.13. The minimum absolute atomic E-state index is 0.126. The van der Waals surface area contributed by atoms with Gasteiger partial charge in [0.05, 0.1) is 31.1 Å². The van der Waals surface area contributed by atoms with Gasteiger partial charge in [-0.15, -0.1) is 0 Å². The van der Waals surface area contributed by atoms with Gasteiger partial charge in [0.25, 0.3) is 0 Å². The summed E-state index contributed by atoms with van der Waals surface area (Å²) in [6, 6.07) is 0.518. The van der Waals surface area contributed by atoms with Crippen LogP contribution in [0.25, 0.3) is 0 Å². The third kappa shape index (κ3) is 2.15. The molecule has 5 nitrogen and oxygen atoms in total. The van der Waals surface area contributed by atoms with Crippen molar-refractivity contribution >= 4 is 5.69 Å². The van der Waals surface area contributed by atoms with Crippen molar-refractivity contribution in [2.45, 2.75) is 51.3 Å². The molecule has 0 saturated heterocycles. The minimum Gasteiger partial charge on any atom is -0.394 e. The Bertz CT molecular complexity index is 428. The molecule has 0 aliphatic heterocycles. The van der Waals surface area contributed by atoms with E-state index in [0.717, 1.165) is 18.7 Å². The summed E-state index contributed by atoms with van der Waals surface area (Å²) in [5.41, 5.74) is 1.43. The van der Waals surface area contributed by atoms with Crippen molar-refractivity contribution in [2.75, 3.05) is 18.5 Å². The first-order chi connectivity index (χ1) is 9.28. The van der Waals surface area contributed by atoms with Crippen LogP contribution in [0, 0.1) is 5.41 Å². The largest absolute Gasteiger partial charge is 0.394 e. The highest BCUT2D eigenvalue weighted by Gasteiger charge is 2.58. The Morgan fingerprint density at radius 3 is 3.05 bits per heavy atom. The molecule has 0 bridgehead atoms. The van der Waals surface area contributed by atoms with Crippen LogP contribution in [0.3, 0.4) is 0 Å². The average molecular weight is 265 g/mol. The van der Waals surface area contributed by atoms with Crippen LogP contribution >= 0.6 is 0 Å². The summed E-state index contributed by atoms with van der Waals surface area (Å²) >= 11 is 0. The molecule has 0 aromatic carbocycles. The Balaban J connectivity index is 1.61. The molecule has 0 radical (unpaired) electrons. The second-order valence-corrected chi connectivity index (χ2v) is 5.68. The molecule has 2 fully saturated rings. The normalized spacial score (nSPS) is 27.9. The molecule has 5 heteroatoms. The van der Waals surface area contributed by atoms with Gasteiger partial charge in [-0.05, 0) is 26.2 Å². The molecule has 2 atom stereocenters. The van der Waals surface area contributed by atoms with Crippen molar-refractivity contribution in [1.82, 2.24) is 9.78 Å². The Morgan fingerprint density at radius 2 is 2.42 bits per heavy atom. The van der Waals surface area contributed by atoms with Crippen LogP contribution in [0.2, 0.25) is 0 Å². The van der Waals surface area contributed by atoms with Crippen molar-refractivity contribution in [2.24, 2.45) is 5.41 Å². The van der Waals surface area contributed by atoms with Crippen molar-refractivity contribution in [1.29, 1.82) is 0 Å².